The van der Waals surface area contributed by atoms with Gasteiger partial charge in [0.05, 0.1) is 7.11 Å². The number of benzene rings is 2. The Morgan fingerprint density at radius 3 is 2.23 bits per heavy atom. The van der Waals surface area contributed by atoms with Gasteiger partial charge in [-0.2, -0.15) is 0 Å². The number of hydrogen-bond donors (Lipinski definition) is 2. The minimum absolute atomic E-state index is 0.0312. The topological polar surface area (TPSA) is 87.7 Å². The fourth-order valence-corrected chi connectivity index (χ4v) is 3.47. The molecular formula is C23H27N3O4. The summed E-state index contributed by atoms with van der Waals surface area (Å²) in [5.74, 6) is 0.141. The molecule has 0 spiro atoms. The van der Waals surface area contributed by atoms with E-state index in [1.54, 1.807) is 60.5 Å². The van der Waals surface area contributed by atoms with E-state index in [-0.39, 0.29) is 23.8 Å². The molecule has 1 atom stereocenters. The summed E-state index contributed by atoms with van der Waals surface area (Å²) in [4.78, 5) is 39.3. The Morgan fingerprint density at radius 1 is 1.00 bits per heavy atom. The molecule has 0 aromatic heterocycles. The smallest absolute Gasteiger partial charge is 0.255 e. The van der Waals surface area contributed by atoms with Gasteiger partial charge in [0, 0.05) is 29.4 Å². The van der Waals surface area contributed by atoms with Gasteiger partial charge in [-0.25, -0.2) is 0 Å². The SMILES string of the molecule is COc1ccc(C(=O)Nc2ccc(C(=O)N3CCCC3C(=O)NC(C)C)cc2)cc1. The second kappa shape index (κ2) is 9.43. The third-order valence-electron chi connectivity index (χ3n) is 4.99. The van der Waals surface area contributed by atoms with Crippen molar-refractivity contribution in [3.05, 3.63) is 59.7 Å². The first-order valence-corrected chi connectivity index (χ1v) is 10.1. The Morgan fingerprint density at radius 2 is 1.63 bits per heavy atom. The fourth-order valence-electron chi connectivity index (χ4n) is 3.47. The maximum Gasteiger partial charge on any atom is 0.255 e. The molecule has 2 aromatic carbocycles. The predicted molar refractivity (Wildman–Crippen MR) is 115 cm³/mol. The lowest BCUT2D eigenvalue weighted by Crippen LogP contribution is -2.47. The summed E-state index contributed by atoms with van der Waals surface area (Å²) in [5.41, 5.74) is 1.58. The van der Waals surface area contributed by atoms with E-state index in [0.29, 0.717) is 35.5 Å². The molecule has 1 aliphatic heterocycles. The van der Waals surface area contributed by atoms with Crippen molar-refractivity contribution in [2.45, 2.75) is 38.8 Å². The van der Waals surface area contributed by atoms with Crippen LogP contribution in [-0.2, 0) is 4.79 Å². The Balaban J connectivity index is 1.65. The molecule has 1 heterocycles. The molecule has 1 saturated heterocycles. The van der Waals surface area contributed by atoms with Gasteiger partial charge >= 0.3 is 0 Å². The van der Waals surface area contributed by atoms with Crippen LogP contribution >= 0.6 is 0 Å². The lowest BCUT2D eigenvalue weighted by atomic mass is 10.1. The van der Waals surface area contributed by atoms with Crippen LogP contribution in [0.4, 0.5) is 5.69 Å². The number of carbonyl (C=O) groups is 3. The molecule has 0 radical (unpaired) electrons. The molecule has 30 heavy (non-hydrogen) atoms. The van der Waals surface area contributed by atoms with Crippen molar-refractivity contribution in [1.29, 1.82) is 0 Å². The molecular weight excluding hydrogens is 382 g/mol. The molecule has 2 aromatic rings. The van der Waals surface area contributed by atoms with Crippen LogP contribution < -0.4 is 15.4 Å². The van der Waals surface area contributed by atoms with Gasteiger partial charge in [-0.3, -0.25) is 14.4 Å². The third-order valence-corrected chi connectivity index (χ3v) is 4.99. The van der Waals surface area contributed by atoms with Gasteiger partial charge in [0.1, 0.15) is 11.8 Å². The molecule has 3 rings (SSSR count). The molecule has 0 saturated carbocycles. The van der Waals surface area contributed by atoms with E-state index in [4.69, 9.17) is 4.74 Å². The van der Waals surface area contributed by atoms with Crippen LogP contribution in [0.2, 0.25) is 0 Å². The Bertz CT molecular complexity index is 907. The first kappa shape index (κ1) is 21.4. The van der Waals surface area contributed by atoms with Gasteiger partial charge < -0.3 is 20.3 Å². The van der Waals surface area contributed by atoms with Crippen LogP contribution in [0.3, 0.4) is 0 Å². The van der Waals surface area contributed by atoms with Crippen molar-refractivity contribution >= 4 is 23.4 Å². The summed E-state index contributed by atoms with van der Waals surface area (Å²) in [6.07, 6.45) is 1.47. The lowest BCUT2D eigenvalue weighted by molar-refractivity contribution is -0.125. The number of methoxy groups -OCH3 is 1. The zero-order valence-electron chi connectivity index (χ0n) is 17.5. The second-order valence-corrected chi connectivity index (χ2v) is 7.58. The van der Waals surface area contributed by atoms with Crippen LogP contribution in [0.1, 0.15) is 47.4 Å². The Hall–Kier alpha value is -3.35. The summed E-state index contributed by atoms with van der Waals surface area (Å²) >= 11 is 0. The molecule has 7 heteroatoms. The summed E-state index contributed by atoms with van der Waals surface area (Å²) in [7, 11) is 1.57. The third kappa shape index (κ3) is 4.97. The predicted octanol–water partition coefficient (Wildman–Crippen LogP) is 3.08. The van der Waals surface area contributed by atoms with Crippen molar-refractivity contribution in [3.63, 3.8) is 0 Å². The van der Waals surface area contributed by atoms with Gasteiger partial charge in [-0.1, -0.05) is 0 Å². The molecule has 158 valence electrons. The van der Waals surface area contributed by atoms with Crippen LogP contribution in [0, 0.1) is 0 Å². The highest BCUT2D eigenvalue weighted by Crippen LogP contribution is 2.22. The second-order valence-electron chi connectivity index (χ2n) is 7.58. The van der Waals surface area contributed by atoms with E-state index in [2.05, 4.69) is 10.6 Å². The Labute approximate surface area is 176 Å². The summed E-state index contributed by atoms with van der Waals surface area (Å²) in [6.45, 7) is 4.36. The number of likely N-dealkylation sites (tertiary alicyclic amines) is 1. The van der Waals surface area contributed by atoms with Gasteiger partial charge in [-0.15, -0.1) is 0 Å². The minimum Gasteiger partial charge on any atom is -0.497 e. The normalized spacial score (nSPS) is 15.7. The molecule has 0 aliphatic carbocycles. The van der Waals surface area contributed by atoms with E-state index in [1.165, 1.54) is 0 Å². The summed E-state index contributed by atoms with van der Waals surface area (Å²) in [6, 6.07) is 13.1. The first-order chi connectivity index (χ1) is 14.4. The van der Waals surface area contributed by atoms with Crippen LogP contribution in [0.15, 0.2) is 48.5 Å². The summed E-state index contributed by atoms with van der Waals surface area (Å²) in [5, 5.41) is 5.70. The summed E-state index contributed by atoms with van der Waals surface area (Å²) < 4.78 is 5.09. The first-order valence-electron chi connectivity index (χ1n) is 10.1. The van der Waals surface area contributed by atoms with Crippen LogP contribution in [-0.4, -0.2) is 48.4 Å². The highest BCUT2D eigenvalue weighted by molar-refractivity contribution is 6.04. The number of ether oxygens (including phenoxy) is 1. The number of anilines is 1. The fraction of sp³-hybridized carbons (Fsp3) is 0.348. The van der Waals surface area contributed by atoms with Crippen molar-refractivity contribution < 1.29 is 19.1 Å². The average Bonchev–Trinajstić information content (AvgIpc) is 3.23. The number of hydrogen-bond acceptors (Lipinski definition) is 4. The van der Waals surface area contributed by atoms with Gasteiger partial charge in [0.15, 0.2) is 0 Å². The number of nitrogens with zero attached hydrogens (tertiary/aromatic N) is 1. The highest BCUT2D eigenvalue weighted by atomic mass is 16.5. The van der Waals surface area contributed by atoms with E-state index >= 15 is 0 Å². The molecule has 2 N–H and O–H groups in total. The van der Waals surface area contributed by atoms with Gasteiger partial charge in [-0.05, 0) is 75.2 Å². The van der Waals surface area contributed by atoms with Crippen molar-refractivity contribution in [1.82, 2.24) is 10.2 Å². The van der Waals surface area contributed by atoms with E-state index in [0.717, 1.165) is 6.42 Å². The van der Waals surface area contributed by atoms with Crippen molar-refractivity contribution in [3.8, 4) is 5.75 Å². The molecule has 1 unspecified atom stereocenters. The maximum atomic E-state index is 12.9. The zero-order valence-corrected chi connectivity index (χ0v) is 17.5. The molecule has 1 fully saturated rings. The highest BCUT2D eigenvalue weighted by Gasteiger charge is 2.34. The van der Waals surface area contributed by atoms with Crippen molar-refractivity contribution in [2.24, 2.45) is 0 Å². The standard InChI is InChI=1S/C23H27N3O4/c1-15(2)24-22(28)20-5-4-14-26(20)23(29)17-6-10-18(11-7-17)25-21(27)16-8-12-19(30-3)13-9-16/h6-13,15,20H,4-5,14H2,1-3H3,(H,24,28)(H,25,27). The monoisotopic (exact) mass is 409 g/mol. The van der Waals surface area contributed by atoms with Gasteiger partial charge in [0.2, 0.25) is 5.91 Å². The maximum absolute atomic E-state index is 12.9. The Kier molecular flexibility index (Phi) is 6.72. The number of amides is 3. The average molecular weight is 409 g/mol. The largest absolute Gasteiger partial charge is 0.497 e. The van der Waals surface area contributed by atoms with Crippen LogP contribution in [0.5, 0.6) is 5.75 Å². The number of nitrogens with one attached hydrogen (secondary N) is 2. The number of rotatable bonds is 6. The molecule has 3 amide bonds. The molecule has 7 nitrogen and oxygen atoms in total. The zero-order chi connectivity index (χ0) is 21.7. The van der Waals surface area contributed by atoms with E-state index in [1.807, 2.05) is 13.8 Å². The van der Waals surface area contributed by atoms with Gasteiger partial charge in [0.25, 0.3) is 11.8 Å². The minimum atomic E-state index is -0.436. The van der Waals surface area contributed by atoms with E-state index < -0.39 is 6.04 Å². The lowest BCUT2D eigenvalue weighted by Gasteiger charge is -2.25. The van der Waals surface area contributed by atoms with E-state index in [9.17, 15) is 14.4 Å². The molecule has 1 aliphatic rings. The van der Waals surface area contributed by atoms with Crippen LogP contribution in [0.25, 0.3) is 0 Å². The quantitative estimate of drug-likeness (QED) is 0.768. The van der Waals surface area contributed by atoms with Crippen molar-refractivity contribution in [2.75, 3.05) is 19.0 Å². The number of carbonyl (C=O) groups excluding carboxylic acids is 3. The molecule has 0 bridgehead atoms.